The zero-order chi connectivity index (χ0) is 21.1. The molecule has 0 saturated carbocycles. The maximum Gasteiger partial charge on any atom is 0.309 e. The van der Waals surface area contributed by atoms with Crippen molar-refractivity contribution in [3.63, 3.8) is 0 Å². The van der Waals surface area contributed by atoms with E-state index in [2.05, 4.69) is 72.8 Å². The van der Waals surface area contributed by atoms with Gasteiger partial charge in [-0.05, 0) is 58.9 Å². The van der Waals surface area contributed by atoms with Crippen molar-refractivity contribution >= 4 is 11.8 Å². The highest BCUT2D eigenvalue weighted by molar-refractivity contribution is 6.35. The van der Waals surface area contributed by atoms with Crippen molar-refractivity contribution in [3.05, 3.63) is 35.9 Å². The summed E-state index contributed by atoms with van der Waals surface area (Å²) < 4.78 is 0. The molecule has 1 aromatic rings. The lowest BCUT2D eigenvalue weighted by Crippen LogP contribution is -2.63. The van der Waals surface area contributed by atoms with Crippen LogP contribution in [-0.4, -0.2) is 53.0 Å². The highest BCUT2D eigenvalue weighted by atomic mass is 16.2. The summed E-state index contributed by atoms with van der Waals surface area (Å²) in [5.41, 5.74) is 1.17. The van der Waals surface area contributed by atoms with E-state index >= 15 is 0 Å². The number of hydrogen-bond donors (Lipinski definition) is 3. The molecule has 2 aliphatic rings. The van der Waals surface area contributed by atoms with Crippen LogP contribution in [0.1, 0.15) is 58.9 Å². The third kappa shape index (κ3) is 6.54. The van der Waals surface area contributed by atoms with Crippen LogP contribution < -0.4 is 16.0 Å². The predicted molar refractivity (Wildman–Crippen MR) is 115 cm³/mol. The van der Waals surface area contributed by atoms with Gasteiger partial charge in [0.05, 0.1) is 0 Å². The van der Waals surface area contributed by atoms with Crippen LogP contribution in [0.3, 0.4) is 0 Å². The monoisotopic (exact) mass is 400 g/mol. The van der Waals surface area contributed by atoms with Gasteiger partial charge in [0.1, 0.15) is 0 Å². The van der Waals surface area contributed by atoms with E-state index in [1.165, 1.54) is 5.56 Å². The fraction of sp³-hybridized carbons (Fsp3) is 0.652. The first kappa shape index (κ1) is 21.8. The number of rotatable bonds is 4. The van der Waals surface area contributed by atoms with E-state index in [0.29, 0.717) is 0 Å². The van der Waals surface area contributed by atoms with Crippen molar-refractivity contribution < 1.29 is 9.59 Å². The molecule has 29 heavy (non-hydrogen) atoms. The Kier molecular flexibility index (Phi) is 6.64. The molecule has 2 fully saturated rings. The predicted octanol–water partition coefficient (Wildman–Crippen LogP) is 2.19. The lowest BCUT2D eigenvalue weighted by Gasteiger charge is -2.46. The molecule has 0 radical (unpaired) electrons. The molecule has 2 aliphatic heterocycles. The first-order valence-corrected chi connectivity index (χ1v) is 10.8. The summed E-state index contributed by atoms with van der Waals surface area (Å²) in [6.07, 6.45) is 3.37. The minimum absolute atomic E-state index is 0.00668. The van der Waals surface area contributed by atoms with E-state index in [4.69, 9.17) is 0 Å². The Morgan fingerprint density at radius 3 is 2.00 bits per heavy atom. The van der Waals surface area contributed by atoms with Crippen molar-refractivity contribution in [1.82, 2.24) is 20.9 Å². The second kappa shape index (κ2) is 8.84. The van der Waals surface area contributed by atoms with Crippen LogP contribution in [0.5, 0.6) is 0 Å². The zero-order valence-electron chi connectivity index (χ0n) is 18.3. The van der Waals surface area contributed by atoms with Crippen LogP contribution in [0.15, 0.2) is 30.3 Å². The van der Waals surface area contributed by atoms with Crippen molar-refractivity contribution in [2.45, 2.75) is 83.1 Å². The Bertz CT molecular complexity index is 693. The molecule has 6 heteroatoms. The van der Waals surface area contributed by atoms with Gasteiger partial charge in [-0.1, -0.05) is 30.3 Å². The van der Waals surface area contributed by atoms with E-state index < -0.39 is 11.8 Å². The molecule has 1 aromatic carbocycles. The summed E-state index contributed by atoms with van der Waals surface area (Å²) in [6, 6.07) is 10.5. The fourth-order valence-electron chi connectivity index (χ4n) is 5.00. The topological polar surface area (TPSA) is 73.5 Å². The van der Waals surface area contributed by atoms with Crippen molar-refractivity contribution in [1.29, 1.82) is 0 Å². The largest absolute Gasteiger partial charge is 0.345 e. The molecule has 6 nitrogen and oxygen atoms in total. The molecule has 0 spiro atoms. The molecule has 3 rings (SSSR count). The van der Waals surface area contributed by atoms with Gasteiger partial charge in [0.25, 0.3) is 0 Å². The van der Waals surface area contributed by atoms with Crippen molar-refractivity contribution in [3.8, 4) is 0 Å². The van der Waals surface area contributed by atoms with Crippen LogP contribution in [0.4, 0.5) is 0 Å². The van der Waals surface area contributed by atoms with Gasteiger partial charge in [-0.25, -0.2) is 0 Å². The van der Waals surface area contributed by atoms with Gasteiger partial charge in [-0.3, -0.25) is 14.5 Å². The number of piperidine rings is 2. The Labute approximate surface area is 174 Å². The molecular formula is C23H36N4O2. The number of benzene rings is 1. The van der Waals surface area contributed by atoms with E-state index in [1.54, 1.807) is 0 Å². The second-order valence-corrected chi connectivity index (χ2v) is 9.98. The molecule has 2 heterocycles. The minimum atomic E-state index is -0.504. The number of carbonyl (C=O) groups is 2. The van der Waals surface area contributed by atoms with Crippen LogP contribution in [-0.2, 0) is 16.1 Å². The van der Waals surface area contributed by atoms with Gasteiger partial charge in [-0.15, -0.1) is 0 Å². The second-order valence-electron chi connectivity index (χ2n) is 9.98. The van der Waals surface area contributed by atoms with E-state index in [0.717, 1.165) is 45.3 Å². The normalized spacial score (nSPS) is 22.8. The number of nitrogens with one attached hydrogen (secondary N) is 3. The first-order valence-electron chi connectivity index (χ1n) is 10.8. The van der Waals surface area contributed by atoms with Crippen LogP contribution in [0.2, 0.25) is 0 Å². The van der Waals surface area contributed by atoms with Crippen molar-refractivity contribution in [2.75, 3.05) is 13.1 Å². The standard InChI is InChI=1S/C23H36N4O2/c1-22(2)14-19(15-23(3,4)26-22)25-21(29)20(28)24-18-10-12-27(13-11-18)16-17-8-6-5-7-9-17/h5-9,18-19,26H,10-16H2,1-4H3,(H,24,28)(H,25,29). The van der Waals surface area contributed by atoms with Crippen LogP contribution in [0.25, 0.3) is 0 Å². The minimum Gasteiger partial charge on any atom is -0.345 e. The maximum atomic E-state index is 12.5. The van der Waals surface area contributed by atoms with E-state index in [-0.39, 0.29) is 23.2 Å². The fourth-order valence-corrected chi connectivity index (χ4v) is 5.00. The highest BCUT2D eigenvalue weighted by Crippen LogP contribution is 2.28. The molecule has 0 aromatic heterocycles. The third-order valence-corrected chi connectivity index (χ3v) is 5.90. The SMILES string of the molecule is CC1(C)CC(NC(=O)C(=O)NC2CCN(Cc3ccccc3)CC2)CC(C)(C)N1. The van der Waals surface area contributed by atoms with Gasteiger partial charge >= 0.3 is 11.8 Å². The number of amides is 2. The summed E-state index contributed by atoms with van der Waals surface area (Å²) in [5.74, 6) is -1.00. The Morgan fingerprint density at radius 2 is 1.45 bits per heavy atom. The number of carbonyl (C=O) groups excluding carboxylic acids is 2. The quantitative estimate of drug-likeness (QED) is 0.678. The maximum absolute atomic E-state index is 12.5. The highest BCUT2D eigenvalue weighted by Gasteiger charge is 2.38. The Balaban J connectivity index is 1.43. The summed E-state index contributed by atoms with van der Waals surface area (Å²) in [7, 11) is 0. The molecule has 2 saturated heterocycles. The average molecular weight is 401 g/mol. The van der Waals surface area contributed by atoms with Crippen LogP contribution in [0, 0.1) is 0 Å². The van der Waals surface area contributed by atoms with Gasteiger partial charge in [-0.2, -0.15) is 0 Å². The van der Waals surface area contributed by atoms with E-state index in [1.807, 2.05) is 6.07 Å². The lowest BCUT2D eigenvalue weighted by molar-refractivity contribution is -0.140. The zero-order valence-corrected chi connectivity index (χ0v) is 18.3. The molecule has 3 N–H and O–H groups in total. The molecule has 0 unspecified atom stereocenters. The van der Waals surface area contributed by atoms with Gasteiger partial charge < -0.3 is 16.0 Å². The summed E-state index contributed by atoms with van der Waals surface area (Å²) in [6.45, 7) is 11.3. The van der Waals surface area contributed by atoms with Crippen LogP contribution >= 0.6 is 0 Å². The third-order valence-electron chi connectivity index (χ3n) is 5.90. The summed E-state index contributed by atoms with van der Waals surface area (Å²) >= 11 is 0. The number of hydrogen-bond acceptors (Lipinski definition) is 4. The molecule has 0 bridgehead atoms. The van der Waals surface area contributed by atoms with Crippen molar-refractivity contribution in [2.24, 2.45) is 0 Å². The Hall–Kier alpha value is -1.92. The summed E-state index contributed by atoms with van der Waals surface area (Å²) in [5, 5.41) is 9.50. The summed E-state index contributed by atoms with van der Waals surface area (Å²) in [4.78, 5) is 27.3. The molecule has 0 aliphatic carbocycles. The lowest BCUT2D eigenvalue weighted by atomic mass is 9.79. The van der Waals surface area contributed by atoms with Gasteiger partial charge in [0, 0.05) is 42.8 Å². The first-order chi connectivity index (χ1) is 13.6. The molecule has 160 valence electrons. The molecular weight excluding hydrogens is 364 g/mol. The molecule has 2 amide bonds. The van der Waals surface area contributed by atoms with E-state index in [9.17, 15) is 9.59 Å². The number of likely N-dealkylation sites (tertiary alicyclic amines) is 1. The smallest absolute Gasteiger partial charge is 0.309 e. The number of nitrogens with zero attached hydrogens (tertiary/aromatic N) is 1. The average Bonchev–Trinajstić information content (AvgIpc) is 2.61. The molecule has 0 atom stereocenters. The van der Waals surface area contributed by atoms with Gasteiger partial charge in [0.2, 0.25) is 0 Å². The Morgan fingerprint density at radius 1 is 0.931 bits per heavy atom. The van der Waals surface area contributed by atoms with Gasteiger partial charge in [0.15, 0.2) is 0 Å².